The molecule has 0 bridgehead atoms. The smallest absolute Gasteiger partial charge is 0.318 e. The third-order valence-electron chi connectivity index (χ3n) is 1.39. The number of carbonyl (C=O) groups excluding carboxylic acids is 1. The maximum absolute atomic E-state index is 10.6. The molecule has 6 nitrogen and oxygen atoms in total. The van der Waals surface area contributed by atoms with E-state index in [4.69, 9.17) is 5.26 Å². The Morgan fingerprint density at radius 1 is 1.77 bits per heavy atom. The van der Waals surface area contributed by atoms with Crippen LogP contribution < -0.4 is 4.84 Å². The molecular weight excluding hydrogens is 172 g/mol. The average molecular weight is 180 g/mol. The number of nitriles is 1. The lowest BCUT2D eigenvalue weighted by atomic mass is 10.3. The number of carbonyl (C=O) groups is 1. The van der Waals surface area contributed by atoms with Crippen LogP contribution in [-0.4, -0.2) is 21.1 Å². The van der Waals surface area contributed by atoms with Crippen molar-refractivity contribution in [2.24, 2.45) is 0 Å². The van der Waals surface area contributed by atoms with Crippen molar-refractivity contribution in [3.05, 3.63) is 11.4 Å². The van der Waals surface area contributed by atoms with Crippen molar-refractivity contribution in [3.8, 4) is 6.07 Å². The Labute approximate surface area is 74.7 Å². The first-order chi connectivity index (χ1) is 6.19. The minimum Gasteiger partial charge on any atom is -0.318 e. The van der Waals surface area contributed by atoms with Gasteiger partial charge in [0.15, 0.2) is 5.69 Å². The predicted molar refractivity (Wildman–Crippen MR) is 41.4 cm³/mol. The molecule has 1 heterocycles. The zero-order chi connectivity index (χ0) is 9.84. The molecule has 0 fully saturated rings. The van der Waals surface area contributed by atoms with Gasteiger partial charge in [0.2, 0.25) is 0 Å². The lowest BCUT2D eigenvalue weighted by Gasteiger charge is -2.00. The Balaban J connectivity index is 3.02. The maximum atomic E-state index is 10.6. The van der Waals surface area contributed by atoms with Crippen molar-refractivity contribution >= 4 is 5.97 Å². The van der Waals surface area contributed by atoms with Gasteiger partial charge in [0.05, 0.1) is 0 Å². The number of rotatable bonds is 2. The van der Waals surface area contributed by atoms with Gasteiger partial charge in [-0.1, -0.05) is 11.8 Å². The molecule has 0 aromatic carbocycles. The summed E-state index contributed by atoms with van der Waals surface area (Å²) >= 11 is 0. The summed E-state index contributed by atoms with van der Waals surface area (Å²) in [4.78, 5) is 16.2. The molecule has 6 heteroatoms. The molecule has 0 aliphatic rings. The molecule has 0 saturated carbocycles. The molecule has 0 atom stereocenters. The van der Waals surface area contributed by atoms with E-state index in [-0.39, 0.29) is 5.69 Å². The fraction of sp³-hybridized carbons (Fsp3) is 0.429. The largest absolute Gasteiger partial charge is 0.332 e. The van der Waals surface area contributed by atoms with Crippen LogP contribution in [0, 0.1) is 11.3 Å². The molecule has 1 aromatic heterocycles. The van der Waals surface area contributed by atoms with Crippen LogP contribution in [0.1, 0.15) is 25.2 Å². The topological polar surface area (TPSA) is 80.8 Å². The highest BCUT2D eigenvalue weighted by atomic mass is 16.7. The summed E-state index contributed by atoms with van der Waals surface area (Å²) in [6.45, 7) is 3.08. The fourth-order valence-electron chi connectivity index (χ4n) is 0.872. The highest BCUT2D eigenvalue weighted by molar-refractivity contribution is 5.66. The first-order valence-corrected chi connectivity index (χ1v) is 3.72. The van der Waals surface area contributed by atoms with Crippen LogP contribution in [0.3, 0.4) is 0 Å². The molecule has 13 heavy (non-hydrogen) atoms. The van der Waals surface area contributed by atoms with Gasteiger partial charge in [-0.05, 0) is 11.6 Å². The SMILES string of the molecule is CCc1c(C#N)nnn1OC(C)=O. The highest BCUT2D eigenvalue weighted by Crippen LogP contribution is 2.02. The van der Waals surface area contributed by atoms with Crippen molar-refractivity contribution < 1.29 is 9.63 Å². The van der Waals surface area contributed by atoms with Crippen molar-refractivity contribution in [2.75, 3.05) is 0 Å². The van der Waals surface area contributed by atoms with Crippen LogP contribution >= 0.6 is 0 Å². The second-order valence-electron chi connectivity index (χ2n) is 2.31. The van der Waals surface area contributed by atoms with Crippen molar-refractivity contribution in [1.29, 1.82) is 5.26 Å². The van der Waals surface area contributed by atoms with Crippen molar-refractivity contribution in [1.82, 2.24) is 15.2 Å². The molecule has 0 radical (unpaired) electrons. The van der Waals surface area contributed by atoms with Gasteiger partial charge in [0, 0.05) is 6.92 Å². The Bertz CT molecular complexity index is 363. The normalized spacial score (nSPS) is 9.31. The Hall–Kier alpha value is -1.90. The molecular formula is C7H8N4O2. The van der Waals surface area contributed by atoms with Crippen LogP contribution in [0.15, 0.2) is 0 Å². The number of aromatic nitrogens is 3. The van der Waals surface area contributed by atoms with Gasteiger partial charge in [-0.25, -0.2) is 4.79 Å². The van der Waals surface area contributed by atoms with Gasteiger partial charge < -0.3 is 4.84 Å². The zero-order valence-electron chi connectivity index (χ0n) is 7.31. The Morgan fingerprint density at radius 3 is 2.92 bits per heavy atom. The standard InChI is InChI=1S/C7H8N4O2/c1-3-7-6(4-8)9-10-11(7)13-5(2)12/h3H2,1-2H3. The van der Waals surface area contributed by atoms with Gasteiger partial charge in [-0.2, -0.15) is 5.26 Å². The quantitative estimate of drug-likeness (QED) is 0.583. The molecule has 0 aliphatic carbocycles. The summed E-state index contributed by atoms with van der Waals surface area (Å²) in [7, 11) is 0. The molecule has 1 rings (SSSR count). The lowest BCUT2D eigenvalue weighted by molar-refractivity contribution is -0.143. The lowest BCUT2D eigenvalue weighted by Crippen LogP contribution is -2.20. The average Bonchev–Trinajstić information content (AvgIpc) is 2.45. The van der Waals surface area contributed by atoms with Crippen LogP contribution in [-0.2, 0) is 11.2 Å². The molecule has 68 valence electrons. The van der Waals surface area contributed by atoms with Gasteiger partial charge in [-0.3, -0.25) is 0 Å². The van der Waals surface area contributed by atoms with Gasteiger partial charge in [0.1, 0.15) is 11.8 Å². The van der Waals surface area contributed by atoms with E-state index in [1.54, 1.807) is 0 Å². The van der Waals surface area contributed by atoms with Crippen LogP contribution in [0.4, 0.5) is 0 Å². The van der Waals surface area contributed by atoms with Gasteiger partial charge in [-0.15, -0.1) is 5.10 Å². The summed E-state index contributed by atoms with van der Waals surface area (Å²) in [6, 6.07) is 1.85. The van der Waals surface area contributed by atoms with E-state index in [0.717, 1.165) is 4.85 Å². The van der Waals surface area contributed by atoms with E-state index in [1.807, 2.05) is 13.0 Å². The van der Waals surface area contributed by atoms with E-state index in [0.29, 0.717) is 12.1 Å². The molecule has 0 N–H and O–H groups in total. The van der Waals surface area contributed by atoms with Crippen LogP contribution in [0.25, 0.3) is 0 Å². The fourth-order valence-corrected chi connectivity index (χ4v) is 0.872. The number of hydrogen-bond donors (Lipinski definition) is 0. The van der Waals surface area contributed by atoms with E-state index in [1.165, 1.54) is 6.92 Å². The number of nitrogens with zero attached hydrogens (tertiary/aromatic N) is 4. The molecule has 0 saturated heterocycles. The third kappa shape index (κ3) is 1.82. The molecule has 0 aliphatic heterocycles. The number of hydrogen-bond acceptors (Lipinski definition) is 5. The second kappa shape index (κ2) is 3.67. The Morgan fingerprint density at radius 2 is 2.46 bits per heavy atom. The van der Waals surface area contributed by atoms with Gasteiger partial charge in [0.25, 0.3) is 0 Å². The summed E-state index contributed by atoms with van der Waals surface area (Å²) < 4.78 is 0. The van der Waals surface area contributed by atoms with Crippen molar-refractivity contribution in [3.63, 3.8) is 0 Å². The van der Waals surface area contributed by atoms with E-state index in [2.05, 4.69) is 15.1 Å². The van der Waals surface area contributed by atoms with E-state index in [9.17, 15) is 4.79 Å². The molecule has 0 amide bonds. The van der Waals surface area contributed by atoms with Crippen molar-refractivity contribution in [2.45, 2.75) is 20.3 Å². The minimum absolute atomic E-state index is 0.184. The third-order valence-corrected chi connectivity index (χ3v) is 1.39. The van der Waals surface area contributed by atoms with E-state index >= 15 is 0 Å². The van der Waals surface area contributed by atoms with Crippen LogP contribution in [0.2, 0.25) is 0 Å². The first-order valence-electron chi connectivity index (χ1n) is 3.72. The summed E-state index contributed by atoms with van der Waals surface area (Å²) in [5.74, 6) is -0.496. The highest BCUT2D eigenvalue weighted by Gasteiger charge is 2.12. The minimum atomic E-state index is -0.496. The summed E-state index contributed by atoms with van der Waals surface area (Å²) in [5, 5.41) is 15.6. The summed E-state index contributed by atoms with van der Waals surface area (Å²) in [5.41, 5.74) is 0.682. The maximum Gasteiger partial charge on any atom is 0.332 e. The summed E-state index contributed by atoms with van der Waals surface area (Å²) in [6.07, 6.45) is 0.531. The monoisotopic (exact) mass is 180 g/mol. The Kier molecular flexibility index (Phi) is 2.59. The zero-order valence-corrected chi connectivity index (χ0v) is 7.31. The molecule has 1 aromatic rings. The van der Waals surface area contributed by atoms with Crippen LogP contribution in [0.5, 0.6) is 0 Å². The van der Waals surface area contributed by atoms with E-state index < -0.39 is 5.97 Å². The molecule has 0 spiro atoms. The van der Waals surface area contributed by atoms with Gasteiger partial charge >= 0.3 is 5.97 Å². The second-order valence-corrected chi connectivity index (χ2v) is 2.31. The molecule has 0 unspecified atom stereocenters. The first kappa shape index (κ1) is 9.19. The predicted octanol–water partition coefficient (Wildman–Crippen LogP) is -0.313.